The van der Waals surface area contributed by atoms with Gasteiger partial charge in [-0.05, 0) is 74.3 Å². The number of thiophene rings is 1. The average Bonchev–Trinajstić information content (AvgIpc) is 3.86. The first-order valence-corrected chi connectivity index (χ1v) is 19.6. The van der Waals surface area contributed by atoms with E-state index < -0.39 is 0 Å². The molecule has 0 spiro atoms. The van der Waals surface area contributed by atoms with E-state index in [1.165, 1.54) is 48.0 Å². The van der Waals surface area contributed by atoms with Crippen molar-refractivity contribution in [3.05, 3.63) is 194 Å². The van der Waals surface area contributed by atoms with Gasteiger partial charge >= 0.3 is 0 Å². The van der Waals surface area contributed by atoms with Crippen LogP contribution in [0.4, 0.5) is 0 Å². The van der Waals surface area contributed by atoms with E-state index in [2.05, 4.69) is 182 Å². The van der Waals surface area contributed by atoms with Crippen LogP contribution in [0.1, 0.15) is 0 Å². The van der Waals surface area contributed by atoms with Crippen LogP contribution >= 0.6 is 11.3 Å². The molecule has 0 atom stereocenters. The number of fused-ring (bicyclic) bond motifs is 6. The SMILES string of the molecule is c1ccc(-c2ccc(-c3cc(-c4ccc(-c5ccccc5)cc4)c4oc5c(-c6cccc(-c7cccc8c7sc7ccccc78)c6)ncnc5c4c3)cc2)cc1. The van der Waals surface area contributed by atoms with Gasteiger partial charge in [-0.15, -0.1) is 11.3 Å². The van der Waals surface area contributed by atoms with E-state index in [0.717, 1.165) is 55.6 Å². The predicted molar refractivity (Wildman–Crippen MR) is 235 cm³/mol. The second-order valence-electron chi connectivity index (χ2n) is 14.2. The molecule has 3 aromatic heterocycles. The lowest BCUT2D eigenvalue weighted by molar-refractivity contribution is 0.668. The number of benzene rings is 8. The van der Waals surface area contributed by atoms with Crippen LogP contribution in [0.15, 0.2) is 199 Å². The summed E-state index contributed by atoms with van der Waals surface area (Å²) in [5.74, 6) is 0. The predicted octanol–water partition coefficient (Wildman–Crippen LogP) is 14.7. The molecule has 0 radical (unpaired) electrons. The van der Waals surface area contributed by atoms with E-state index in [1.54, 1.807) is 6.33 Å². The third-order valence-corrected chi connectivity index (χ3v) is 12.1. The fraction of sp³-hybridized carbons (Fsp3) is 0. The molecule has 11 rings (SSSR count). The van der Waals surface area contributed by atoms with Gasteiger partial charge in [0, 0.05) is 36.7 Å². The lowest BCUT2D eigenvalue weighted by atomic mass is 9.94. The van der Waals surface area contributed by atoms with Crippen LogP contribution in [-0.4, -0.2) is 9.97 Å². The molecule has 4 heteroatoms. The minimum absolute atomic E-state index is 0.679. The summed E-state index contributed by atoms with van der Waals surface area (Å²) >= 11 is 1.84. The summed E-state index contributed by atoms with van der Waals surface area (Å²) in [4.78, 5) is 9.74. The Morgan fingerprint density at radius 3 is 1.66 bits per heavy atom. The fourth-order valence-corrected chi connectivity index (χ4v) is 9.27. The zero-order chi connectivity index (χ0) is 37.0. The Morgan fingerprint density at radius 2 is 0.929 bits per heavy atom. The summed E-state index contributed by atoms with van der Waals surface area (Å²) < 4.78 is 9.52. The van der Waals surface area contributed by atoms with Crippen molar-refractivity contribution < 1.29 is 4.42 Å². The van der Waals surface area contributed by atoms with Crippen molar-refractivity contribution in [1.29, 1.82) is 0 Å². The van der Waals surface area contributed by atoms with Crippen molar-refractivity contribution in [1.82, 2.24) is 9.97 Å². The molecule has 0 bridgehead atoms. The summed E-state index contributed by atoms with van der Waals surface area (Å²) in [5.41, 5.74) is 15.4. The number of furan rings is 1. The van der Waals surface area contributed by atoms with E-state index >= 15 is 0 Å². The van der Waals surface area contributed by atoms with Crippen molar-refractivity contribution in [2.75, 3.05) is 0 Å². The largest absolute Gasteiger partial charge is 0.451 e. The van der Waals surface area contributed by atoms with E-state index in [9.17, 15) is 0 Å². The van der Waals surface area contributed by atoms with Gasteiger partial charge in [0.25, 0.3) is 0 Å². The molecule has 0 aliphatic heterocycles. The lowest BCUT2D eigenvalue weighted by Gasteiger charge is -2.10. The summed E-state index contributed by atoms with van der Waals surface area (Å²) in [5, 5.41) is 3.54. The molecule has 0 unspecified atom stereocenters. The van der Waals surface area contributed by atoms with Gasteiger partial charge in [-0.25, -0.2) is 9.97 Å². The Balaban J connectivity index is 1.07. The maximum Gasteiger partial charge on any atom is 0.180 e. The summed E-state index contributed by atoms with van der Waals surface area (Å²) in [7, 11) is 0. The number of hydrogen-bond donors (Lipinski definition) is 0. The molecule has 262 valence electrons. The summed E-state index contributed by atoms with van der Waals surface area (Å²) in [6.45, 7) is 0. The molecule has 0 aliphatic carbocycles. The molecule has 0 N–H and O–H groups in total. The maximum absolute atomic E-state index is 6.94. The first kappa shape index (κ1) is 32.3. The highest BCUT2D eigenvalue weighted by Gasteiger charge is 2.20. The Bertz CT molecular complexity index is 3220. The standard InChI is InChI=1S/C52H32N2OS/c1-3-11-33(12-4-1)35-21-23-37(24-22-35)41-30-45(38-27-25-36(26-28-38)34-13-5-2-6-14-34)50-46(31-41)49-51(55-50)48(53-32-54-49)40-16-9-15-39(29-40)42-18-10-19-44-43-17-7-8-20-47(43)56-52(42)44/h1-32H. The highest BCUT2D eigenvalue weighted by Crippen LogP contribution is 2.44. The minimum atomic E-state index is 0.679. The van der Waals surface area contributed by atoms with Crippen LogP contribution in [0.2, 0.25) is 0 Å². The molecule has 0 saturated carbocycles. The Labute approximate surface area is 327 Å². The van der Waals surface area contributed by atoms with Crippen molar-refractivity contribution >= 4 is 53.6 Å². The van der Waals surface area contributed by atoms with Crippen LogP contribution in [-0.2, 0) is 0 Å². The molecule has 0 amide bonds. The molecule has 0 fully saturated rings. The quantitative estimate of drug-likeness (QED) is 0.171. The van der Waals surface area contributed by atoms with Crippen molar-refractivity contribution in [2.45, 2.75) is 0 Å². The van der Waals surface area contributed by atoms with Crippen molar-refractivity contribution in [2.24, 2.45) is 0 Å². The maximum atomic E-state index is 6.94. The second kappa shape index (κ2) is 13.3. The zero-order valence-corrected chi connectivity index (χ0v) is 31.0. The van der Waals surface area contributed by atoms with Crippen molar-refractivity contribution in [3.8, 4) is 66.9 Å². The molecular weight excluding hydrogens is 701 g/mol. The van der Waals surface area contributed by atoms with Crippen LogP contribution < -0.4 is 0 Å². The fourth-order valence-electron chi connectivity index (χ4n) is 8.03. The third kappa shape index (κ3) is 5.50. The smallest absolute Gasteiger partial charge is 0.180 e. The Kier molecular flexibility index (Phi) is 7.68. The molecular formula is C52H32N2OS. The normalized spacial score (nSPS) is 11.6. The van der Waals surface area contributed by atoms with Crippen LogP contribution in [0.5, 0.6) is 0 Å². The Morgan fingerprint density at radius 1 is 0.357 bits per heavy atom. The zero-order valence-electron chi connectivity index (χ0n) is 30.2. The van der Waals surface area contributed by atoms with Crippen LogP contribution in [0.25, 0.3) is 109 Å². The van der Waals surface area contributed by atoms with Crippen LogP contribution in [0.3, 0.4) is 0 Å². The van der Waals surface area contributed by atoms with Crippen LogP contribution in [0, 0.1) is 0 Å². The molecule has 8 aromatic carbocycles. The lowest BCUT2D eigenvalue weighted by Crippen LogP contribution is -1.88. The van der Waals surface area contributed by atoms with Gasteiger partial charge in [0.1, 0.15) is 23.1 Å². The first-order valence-electron chi connectivity index (χ1n) is 18.8. The van der Waals surface area contributed by atoms with Crippen molar-refractivity contribution in [3.63, 3.8) is 0 Å². The van der Waals surface area contributed by atoms with E-state index in [-0.39, 0.29) is 0 Å². The monoisotopic (exact) mass is 732 g/mol. The highest BCUT2D eigenvalue weighted by atomic mass is 32.1. The Hall–Kier alpha value is -7.14. The van der Waals surface area contributed by atoms with E-state index in [0.29, 0.717) is 5.58 Å². The van der Waals surface area contributed by atoms with Gasteiger partial charge in [0.15, 0.2) is 5.58 Å². The molecule has 3 nitrogen and oxygen atoms in total. The van der Waals surface area contributed by atoms with Gasteiger partial charge in [-0.1, -0.05) is 164 Å². The van der Waals surface area contributed by atoms with Gasteiger partial charge in [0.2, 0.25) is 0 Å². The average molecular weight is 733 g/mol. The topological polar surface area (TPSA) is 38.9 Å². The molecule has 0 aliphatic rings. The third-order valence-electron chi connectivity index (χ3n) is 10.8. The van der Waals surface area contributed by atoms with Gasteiger partial charge in [-0.2, -0.15) is 0 Å². The second-order valence-corrected chi connectivity index (χ2v) is 15.2. The number of hydrogen-bond acceptors (Lipinski definition) is 4. The number of rotatable bonds is 6. The van der Waals surface area contributed by atoms with Gasteiger partial charge < -0.3 is 4.42 Å². The summed E-state index contributed by atoms with van der Waals surface area (Å²) in [6, 6.07) is 66.9. The molecule has 56 heavy (non-hydrogen) atoms. The molecule has 11 aromatic rings. The minimum Gasteiger partial charge on any atom is -0.451 e. The first-order chi connectivity index (χ1) is 27.7. The van der Waals surface area contributed by atoms with Gasteiger partial charge in [0.05, 0.1) is 0 Å². The van der Waals surface area contributed by atoms with E-state index in [4.69, 9.17) is 14.4 Å². The van der Waals surface area contributed by atoms with E-state index in [1.807, 2.05) is 17.4 Å². The number of aromatic nitrogens is 2. The highest BCUT2D eigenvalue weighted by molar-refractivity contribution is 7.26. The number of nitrogens with zero attached hydrogens (tertiary/aromatic N) is 2. The molecule has 0 saturated heterocycles. The molecule has 3 heterocycles. The van der Waals surface area contributed by atoms with Gasteiger partial charge in [-0.3, -0.25) is 0 Å². The summed E-state index contributed by atoms with van der Waals surface area (Å²) in [6.07, 6.45) is 1.67.